The summed E-state index contributed by atoms with van der Waals surface area (Å²) in [5.41, 5.74) is 1.92. The average Bonchev–Trinajstić information content (AvgIpc) is 2.76. The van der Waals surface area contributed by atoms with Crippen LogP contribution in [0.1, 0.15) is 36.8 Å². The van der Waals surface area contributed by atoms with Crippen LogP contribution < -0.4 is 14.8 Å². The molecule has 1 N–H and O–H groups in total. The van der Waals surface area contributed by atoms with E-state index in [9.17, 15) is 9.18 Å². The van der Waals surface area contributed by atoms with Gasteiger partial charge in [-0.3, -0.25) is 9.69 Å². The zero-order valence-corrected chi connectivity index (χ0v) is 17.8. The van der Waals surface area contributed by atoms with Gasteiger partial charge in [-0.05, 0) is 61.6 Å². The maximum atomic E-state index is 13.4. The van der Waals surface area contributed by atoms with E-state index in [1.165, 1.54) is 6.07 Å². The van der Waals surface area contributed by atoms with Gasteiger partial charge in [-0.25, -0.2) is 4.39 Å². The van der Waals surface area contributed by atoms with Crippen molar-refractivity contribution in [2.24, 2.45) is 5.92 Å². The van der Waals surface area contributed by atoms with Crippen LogP contribution in [0.25, 0.3) is 0 Å². The van der Waals surface area contributed by atoms with Crippen molar-refractivity contribution in [1.82, 2.24) is 10.2 Å². The fourth-order valence-corrected chi connectivity index (χ4v) is 4.04. The number of hydrogen-bond donors (Lipinski definition) is 1. The van der Waals surface area contributed by atoms with Crippen molar-refractivity contribution in [1.29, 1.82) is 0 Å². The molecule has 0 saturated carbocycles. The molecule has 6 heteroatoms. The molecule has 3 rings (SSSR count). The van der Waals surface area contributed by atoms with Crippen LogP contribution >= 0.6 is 0 Å². The molecule has 30 heavy (non-hydrogen) atoms. The Morgan fingerprint density at radius 3 is 2.83 bits per heavy atom. The summed E-state index contributed by atoms with van der Waals surface area (Å²) in [5, 5.41) is 2.99. The number of piperidine rings is 1. The number of carbonyl (C=O) groups is 1. The minimum atomic E-state index is -0.189. The Morgan fingerprint density at radius 1 is 1.20 bits per heavy atom. The molecule has 0 aliphatic carbocycles. The van der Waals surface area contributed by atoms with Crippen LogP contribution in [0.3, 0.4) is 0 Å². The van der Waals surface area contributed by atoms with Crippen LogP contribution in [-0.4, -0.2) is 38.1 Å². The van der Waals surface area contributed by atoms with Gasteiger partial charge in [0.1, 0.15) is 17.3 Å². The number of nitrogens with one attached hydrogen (secondary N) is 1. The van der Waals surface area contributed by atoms with Gasteiger partial charge in [0.25, 0.3) is 0 Å². The molecule has 0 bridgehead atoms. The van der Waals surface area contributed by atoms with Gasteiger partial charge in [0.2, 0.25) is 5.91 Å². The van der Waals surface area contributed by atoms with Crippen LogP contribution in [0.5, 0.6) is 11.5 Å². The molecular weight excluding hydrogens is 383 g/mol. The van der Waals surface area contributed by atoms with Gasteiger partial charge in [-0.1, -0.05) is 12.1 Å². The molecule has 0 spiro atoms. The van der Waals surface area contributed by atoms with Crippen molar-refractivity contribution in [2.45, 2.75) is 38.8 Å². The van der Waals surface area contributed by atoms with E-state index in [-0.39, 0.29) is 11.7 Å². The lowest BCUT2D eigenvalue weighted by atomic mass is 9.93. The highest BCUT2D eigenvalue weighted by Crippen LogP contribution is 2.25. The molecule has 5 nitrogen and oxygen atoms in total. The predicted molar refractivity (Wildman–Crippen MR) is 115 cm³/mol. The first-order valence-electron chi connectivity index (χ1n) is 10.5. The third-order valence-electron chi connectivity index (χ3n) is 5.65. The maximum Gasteiger partial charge on any atom is 0.220 e. The van der Waals surface area contributed by atoms with Crippen LogP contribution in [0.15, 0.2) is 42.5 Å². The topological polar surface area (TPSA) is 50.8 Å². The van der Waals surface area contributed by atoms with Crippen molar-refractivity contribution in [3.63, 3.8) is 0 Å². The zero-order chi connectivity index (χ0) is 21.3. The molecule has 0 radical (unpaired) electrons. The SMILES string of the molecule is COc1ccc(CNC(=O)CC[C@H]2CCCN(Cc3cccc(F)c3)C2)c(OC)c1. The first-order valence-corrected chi connectivity index (χ1v) is 10.5. The molecule has 1 atom stereocenters. The molecular formula is C24H31FN2O3. The highest BCUT2D eigenvalue weighted by atomic mass is 19.1. The molecule has 162 valence electrons. The van der Waals surface area contributed by atoms with Gasteiger partial charge in [0, 0.05) is 37.7 Å². The van der Waals surface area contributed by atoms with E-state index in [1.807, 2.05) is 24.3 Å². The molecule has 2 aromatic carbocycles. The van der Waals surface area contributed by atoms with Crippen LogP contribution in [0, 0.1) is 11.7 Å². The van der Waals surface area contributed by atoms with E-state index in [1.54, 1.807) is 26.4 Å². The number of amides is 1. The molecule has 0 aromatic heterocycles. The molecule has 1 aliphatic rings. The van der Waals surface area contributed by atoms with Gasteiger partial charge < -0.3 is 14.8 Å². The number of benzene rings is 2. The van der Waals surface area contributed by atoms with E-state index >= 15 is 0 Å². The van der Waals surface area contributed by atoms with Gasteiger partial charge >= 0.3 is 0 Å². The van der Waals surface area contributed by atoms with Crippen LogP contribution in [-0.2, 0) is 17.9 Å². The summed E-state index contributed by atoms with van der Waals surface area (Å²) >= 11 is 0. The fraction of sp³-hybridized carbons (Fsp3) is 0.458. The Morgan fingerprint density at radius 2 is 2.07 bits per heavy atom. The summed E-state index contributed by atoms with van der Waals surface area (Å²) in [7, 11) is 3.22. The van der Waals surface area contributed by atoms with Crippen LogP contribution in [0.2, 0.25) is 0 Å². The minimum Gasteiger partial charge on any atom is -0.497 e. The number of halogens is 1. The van der Waals surface area contributed by atoms with Crippen LogP contribution in [0.4, 0.5) is 4.39 Å². The summed E-state index contributed by atoms with van der Waals surface area (Å²) in [6.45, 7) is 3.17. The Balaban J connectivity index is 1.43. The third kappa shape index (κ3) is 6.46. The second kappa shape index (κ2) is 11.0. The smallest absolute Gasteiger partial charge is 0.220 e. The summed E-state index contributed by atoms with van der Waals surface area (Å²) in [6.07, 6.45) is 3.63. The second-order valence-electron chi connectivity index (χ2n) is 7.87. The summed E-state index contributed by atoms with van der Waals surface area (Å²) in [5.74, 6) is 1.78. The van der Waals surface area contributed by atoms with E-state index in [4.69, 9.17) is 9.47 Å². The van der Waals surface area contributed by atoms with Crippen molar-refractivity contribution < 1.29 is 18.7 Å². The molecule has 1 heterocycles. The quantitative estimate of drug-likeness (QED) is 0.670. The number of likely N-dealkylation sites (tertiary alicyclic amines) is 1. The van der Waals surface area contributed by atoms with Gasteiger partial charge in [0.15, 0.2) is 0 Å². The van der Waals surface area contributed by atoms with Gasteiger partial charge in [-0.15, -0.1) is 0 Å². The average molecular weight is 415 g/mol. The first kappa shape index (κ1) is 22.1. The Labute approximate surface area is 178 Å². The second-order valence-corrected chi connectivity index (χ2v) is 7.87. The largest absolute Gasteiger partial charge is 0.497 e. The normalized spacial score (nSPS) is 16.8. The van der Waals surface area contributed by atoms with E-state index < -0.39 is 0 Å². The fourth-order valence-electron chi connectivity index (χ4n) is 4.04. The first-order chi connectivity index (χ1) is 14.6. The number of ether oxygens (including phenoxy) is 2. The summed E-state index contributed by atoms with van der Waals surface area (Å²) in [4.78, 5) is 14.7. The molecule has 2 aromatic rings. The standard InChI is InChI=1S/C24H31FN2O3/c1-29-22-10-9-20(23(14-22)30-2)15-26-24(28)11-8-18-6-4-12-27(16-18)17-19-5-3-7-21(25)13-19/h3,5,7,9-10,13-14,18H,4,6,8,11-12,15-17H2,1-2H3,(H,26,28)/t18-/m1/s1. The highest BCUT2D eigenvalue weighted by Gasteiger charge is 2.21. The number of methoxy groups -OCH3 is 2. The Bertz CT molecular complexity index is 843. The lowest BCUT2D eigenvalue weighted by Crippen LogP contribution is -2.35. The zero-order valence-electron chi connectivity index (χ0n) is 17.8. The monoisotopic (exact) mass is 414 g/mol. The van der Waals surface area contributed by atoms with E-state index in [2.05, 4.69) is 10.2 Å². The molecule has 1 aliphatic heterocycles. The van der Waals surface area contributed by atoms with Gasteiger partial charge in [-0.2, -0.15) is 0 Å². The number of carbonyl (C=O) groups excluding carboxylic acids is 1. The van der Waals surface area contributed by atoms with Crippen molar-refractivity contribution in [3.05, 3.63) is 59.4 Å². The lowest BCUT2D eigenvalue weighted by Gasteiger charge is -2.32. The van der Waals surface area contributed by atoms with E-state index in [0.717, 1.165) is 55.8 Å². The van der Waals surface area contributed by atoms with Gasteiger partial charge in [0.05, 0.1) is 14.2 Å². The van der Waals surface area contributed by atoms with E-state index in [0.29, 0.717) is 24.6 Å². The Kier molecular flexibility index (Phi) is 8.08. The summed E-state index contributed by atoms with van der Waals surface area (Å²) in [6, 6.07) is 12.4. The lowest BCUT2D eigenvalue weighted by molar-refractivity contribution is -0.121. The van der Waals surface area contributed by atoms with Crippen molar-refractivity contribution in [3.8, 4) is 11.5 Å². The molecule has 1 fully saturated rings. The minimum absolute atomic E-state index is 0.0510. The number of rotatable bonds is 9. The number of nitrogens with zero attached hydrogens (tertiary/aromatic N) is 1. The highest BCUT2D eigenvalue weighted by molar-refractivity contribution is 5.75. The molecule has 1 saturated heterocycles. The molecule has 0 unspecified atom stereocenters. The summed E-state index contributed by atoms with van der Waals surface area (Å²) < 4.78 is 24.0. The van der Waals surface area contributed by atoms with Crippen molar-refractivity contribution >= 4 is 5.91 Å². The third-order valence-corrected chi connectivity index (χ3v) is 5.65. The van der Waals surface area contributed by atoms with Crippen molar-refractivity contribution in [2.75, 3.05) is 27.3 Å². The number of hydrogen-bond acceptors (Lipinski definition) is 4. The molecule has 1 amide bonds. The predicted octanol–water partition coefficient (Wildman–Crippen LogP) is 4.15. The maximum absolute atomic E-state index is 13.4. The Hall–Kier alpha value is -2.60.